The van der Waals surface area contributed by atoms with Gasteiger partial charge in [0.1, 0.15) is 5.82 Å². The molecule has 1 unspecified atom stereocenters. The number of halogens is 1. The first kappa shape index (κ1) is 19.8. The zero-order chi connectivity index (χ0) is 15.9. The standard InChI is InChI=1S/C16H23N5S.HI/c1-11(9-15-6-5-12(2)22-15)20-16(17-4)19-10-14-7-8-18-13(3)21-14;/h5-8,11H,9-10H2,1-4H3,(H2,17,19,20);1H. The summed E-state index contributed by atoms with van der Waals surface area (Å²) in [5.74, 6) is 1.57. The van der Waals surface area contributed by atoms with Gasteiger partial charge in [-0.15, -0.1) is 35.3 Å². The highest BCUT2D eigenvalue weighted by Gasteiger charge is 2.08. The lowest BCUT2D eigenvalue weighted by atomic mass is 10.2. The smallest absolute Gasteiger partial charge is 0.191 e. The minimum Gasteiger partial charge on any atom is -0.354 e. The summed E-state index contributed by atoms with van der Waals surface area (Å²) in [6.07, 6.45) is 2.77. The number of thiophene rings is 1. The number of aromatic nitrogens is 2. The largest absolute Gasteiger partial charge is 0.354 e. The molecule has 0 aliphatic heterocycles. The van der Waals surface area contributed by atoms with Crippen molar-refractivity contribution >= 4 is 41.3 Å². The lowest BCUT2D eigenvalue weighted by Crippen LogP contribution is -2.42. The van der Waals surface area contributed by atoms with Crippen LogP contribution < -0.4 is 10.6 Å². The molecule has 0 saturated heterocycles. The van der Waals surface area contributed by atoms with Crippen molar-refractivity contribution < 1.29 is 0 Å². The van der Waals surface area contributed by atoms with Gasteiger partial charge in [0.25, 0.3) is 0 Å². The minimum absolute atomic E-state index is 0. The van der Waals surface area contributed by atoms with Crippen molar-refractivity contribution in [3.63, 3.8) is 0 Å². The Balaban J connectivity index is 0.00000264. The number of guanidine groups is 1. The van der Waals surface area contributed by atoms with Crippen molar-refractivity contribution in [1.82, 2.24) is 20.6 Å². The molecule has 0 aliphatic carbocycles. The van der Waals surface area contributed by atoms with E-state index in [1.807, 2.05) is 24.3 Å². The Morgan fingerprint density at radius 2 is 2.09 bits per heavy atom. The Morgan fingerprint density at radius 1 is 1.30 bits per heavy atom. The second kappa shape index (κ2) is 9.82. The lowest BCUT2D eigenvalue weighted by Gasteiger charge is -2.17. The Kier molecular flexibility index (Phi) is 8.46. The molecule has 2 aromatic heterocycles. The minimum atomic E-state index is 0. The van der Waals surface area contributed by atoms with Crippen LogP contribution >= 0.6 is 35.3 Å². The summed E-state index contributed by atoms with van der Waals surface area (Å²) < 4.78 is 0. The maximum atomic E-state index is 4.37. The third-order valence-corrected chi connectivity index (χ3v) is 4.20. The van der Waals surface area contributed by atoms with E-state index in [0.717, 1.165) is 23.9 Å². The third-order valence-electron chi connectivity index (χ3n) is 3.18. The van der Waals surface area contributed by atoms with E-state index in [2.05, 4.69) is 51.6 Å². The number of aliphatic imine (C=N–C) groups is 1. The predicted octanol–water partition coefficient (Wildman–Crippen LogP) is 3.07. The number of nitrogens with one attached hydrogen (secondary N) is 2. The van der Waals surface area contributed by atoms with Gasteiger partial charge in [-0.25, -0.2) is 9.97 Å². The van der Waals surface area contributed by atoms with Gasteiger partial charge < -0.3 is 10.6 Å². The molecule has 0 amide bonds. The van der Waals surface area contributed by atoms with Gasteiger partial charge >= 0.3 is 0 Å². The molecule has 2 aromatic rings. The molecule has 1 atom stereocenters. The van der Waals surface area contributed by atoms with Crippen molar-refractivity contribution in [2.24, 2.45) is 4.99 Å². The van der Waals surface area contributed by atoms with Gasteiger partial charge in [0, 0.05) is 35.5 Å². The normalized spacial score (nSPS) is 12.4. The molecule has 23 heavy (non-hydrogen) atoms. The fraction of sp³-hybridized carbons (Fsp3) is 0.438. The predicted molar refractivity (Wildman–Crippen MR) is 108 cm³/mol. The van der Waals surface area contributed by atoms with E-state index >= 15 is 0 Å². The second-order valence-electron chi connectivity index (χ2n) is 5.28. The van der Waals surface area contributed by atoms with Crippen LogP contribution in [-0.4, -0.2) is 29.0 Å². The average molecular weight is 445 g/mol. The summed E-state index contributed by atoms with van der Waals surface area (Å²) in [6.45, 7) is 6.82. The molecule has 0 spiro atoms. The second-order valence-corrected chi connectivity index (χ2v) is 6.66. The highest BCUT2D eigenvalue weighted by Crippen LogP contribution is 2.16. The van der Waals surface area contributed by atoms with E-state index in [1.165, 1.54) is 9.75 Å². The van der Waals surface area contributed by atoms with Crippen LogP contribution in [0.3, 0.4) is 0 Å². The zero-order valence-corrected chi connectivity index (χ0v) is 17.1. The van der Waals surface area contributed by atoms with E-state index in [9.17, 15) is 0 Å². The number of nitrogens with zero attached hydrogens (tertiary/aromatic N) is 3. The number of hydrogen-bond donors (Lipinski definition) is 2. The molecule has 2 rings (SSSR count). The SMILES string of the molecule is CN=C(NCc1ccnc(C)n1)NC(C)Cc1ccc(C)s1.I. The van der Waals surface area contributed by atoms with Crippen molar-refractivity contribution in [1.29, 1.82) is 0 Å². The van der Waals surface area contributed by atoms with Crippen LogP contribution in [-0.2, 0) is 13.0 Å². The lowest BCUT2D eigenvalue weighted by molar-refractivity contribution is 0.643. The quantitative estimate of drug-likeness (QED) is 0.422. The third kappa shape index (κ3) is 6.82. The van der Waals surface area contributed by atoms with Gasteiger partial charge in [-0.05, 0) is 39.0 Å². The maximum absolute atomic E-state index is 4.37. The Labute approximate surface area is 159 Å². The summed E-state index contributed by atoms with van der Waals surface area (Å²) in [6, 6.07) is 6.58. The summed E-state index contributed by atoms with van der Waals surface area (Å²) in [5, 5.41) is 6.70. The van der Waals surface area contributed by atoms with E-state index in [0.29, 0.717) is 12.6 Å². The van der Waals surface area contributed by atoms with E-state index in [1.54, 1.807) is 13.2 Å². The van der Waals surface area contributed by atoms with E-state index in [4.69, 9.17) is 0 Å². The fourth-order valence-corrected chi connectivity index (χ4v) is 3.17. The number of hydrogen-bond acceptors (Lipinski definition) is 4. The first-order chi connectivity index (χ1) is 10.6. The van der Waals surface area contributed by atoms with Crippen LogP contribution in [0.15, 0.2) is 29.4 Å². The van der Waals surface area contributed by atoms with E-state index < -0.39 is 0 Å². The molecule has 0 bridgehead atoms. The molecule has 126 valence electrons. The maximum Gasteiger partial charge on any atom is 0.191 e. The van der Waals surface area contributed by atoms with Crippen LogP contribution in [0.2, 0.25) is 0 Å². The highest BCUT2D eigenvalue weighted by atomic mass is 127. The van der Waals surface area contributed by atoms with Crippen LogP contribution in [0.5, 0.6) is 0 Å². The summed E-state index contributed by atoms with van der Waals surface area (Å²) in [5.41, 5.74) is 0.956. The summed E-state index contributed by atoms with van der Waals surface area (Å²) in [7, 11) is 1.78. The van der Waals surface area contributed by atoms with Crippen molar-refractivity contribution in [3.05, 3.63) is 45.7 Å². The monoisotopic (exact) mass is 445 g/mol. The first-order valence-electron chi connectivity index (χ1n) is 7.38. The van der Waals surface area contributed by atoms with Gasteiger partial charge in [0.05, 0.1) is 12.2 Å². The molecular formula is C16H24IN5S. The Morgan fingerprint density at radius 3 is 2.70 bits per heavy atom. The average Bonchev–Trinajstić information content (AvgIpc) is 2.88. The van der Waals surface area contributed by atoms with Crippen molar-refractivity contribution in [2.45, 2.75) is 39.8 Å². The molecule has 0 radical (unpaired) electrons. The molecule has 0 aromatic carbocycles. The Bertz CT molecular complexity index is 641. The highest BCUT2D eigenvalue weighted by molar-refractivity contribution is 14.0. The van der Waals surface area contributed by atoms with Gasteiger partial charge in [-0.2, -0.15) is 0 Å². The Hall–Kier alpha value is -1.22. The molecule has 7 heteroatoms. The molecule has 5 nitrogen and oxygen atoms in total. The number of rotatable bonds is 5. The first-order valence-corrected chi connectivity index (χ1v) is 8.19. The van der Waals surface area contributed by atoms with Crippen LogP contribution in [0.4, 0.5) is 0 Å². The van der Waals surface area contributed by atoms with Gasteiger partial charge in [0.2, 0.25) is 0 Å². The topological polar surface area (TPSA) is 62.2 Å². The zero-order valence-electron chi connectivity index (χ0n) is 14.0. The molecule has 0 saturated carbocycles. The van der Waals surface area contributed by atoms with E-state index in [-0.39, 0.29) is 24.0 Å². The van der Waals surface area contributed by atoms with Gasteiger partial charge in [-0.1, -0.05) is 0 Å². The summed E-state index contributed by atoms with van der Waals surface area (Å²) in [4.78, 5) is 15.5. The van der Waals surface area contributed by atoms with Crippen molar-refractivity contribution in [2.75, 3.05) is 7.05 Å². The van der Waals surface area contributed by atoms with Crippen LogP contribution in [0.25, 0.3) is 0 Å². The van der Waals surface area contributed by atoms with Gasteiger partial charge in [0.15, 0.2) is 5.96 Å². The van der Waals surface area contributed by atoms with Crippen molar-refractivity contribution in [3.8, 4) is 0 Å². The van der Waals surface area contributed by atoms with Gasteiger partial charge in [-0.3, -0.25) is 4.99 Å². The summed E-state index contributed by atoms with van der Waals surface area (Å²) >= 11 is 1.85. The molecule has 0 aliphatic rings. The molecule has 2 heterocycles. The molecule has 0 fully saturated rings. The number of aryl methyl sites for hydroxylation is 2. The fourth-order valence-electron chi connectivity index (χ4n) is 2.15. The molecule has 2 N–H and O–H groups in total. The van der Waals surface area contributed by atoms with Crippen LogP contribution in [0, 0.1) is 13.8 Å². The van der Waals surface area contributed by atoms with Crippen LogP contribution in [0.1, 0.15) is 28.2 Å². The molecular weight excluding hydrogens is 421 g/mol.